The van der Waals surface area contributed by atoms with Crippen molar-refractivity contribution >= 4 is 35.0 Å². The number of anilines is 2. The van der Waals surface area contributed by atoms with Crippen molar-refractivity contribution in [2.24, 2.45) is 7.05 Å². The summed E-state index contributed by atoms with van der Waals surface area (Å²) in [6, 6.07) is 20.9. The number of amides is 2. The van der Waals surface area contributed by atoms with Gasteiger partial charge in [0.15, 0.2) is 5.16 Å². The highest BCUT2D eigenvalue weighted by Crippen LogP contribution is 2.24. The number of benzene rings is 2. The highest BCUT2D eigenvalue weighted by molar-refractivity contribution is 7.99. The maximum atomic E-state index is 12.5. The lowest BCUT2D eigenvalue weighted by atomic mass is 10.2. The summed E-state index contributed by atoms with van der Waals surface area (Å²) < 4.78 is 4.05. The van der Waals surface area contributed by atoms with Crippen molar-refractivity contribution in [2.75, 3.05) is 16.4 Å². The van der Waals surface area contributed by atoms with E-state index in [0.29, 0.717) is 23.0 Å². The van der Waals surface area contributed by atoms with Crippen LogP contribution in [0.4, 0.5) is 11.4 Å². The number of carbonyl (C=O) groups excluding carboxylic acids is 2. The van der Waals surface area contributed by atoms with Crippen molar-refractivity contribution in [3.63, 3.8) is 0 Å². The molecular formula is C24H24N6O2S. The highest BCUT2D eigenvalue weighted by atomic mass is 32.2. The monoisotopic (exact) mass is 460 g/mol. The van der Waals surface area contributed by atoms with Crippen molar-refractivity contribution in [3.8, 4) is 5.69 Å². The lowest BCUT2D eigenvalue weighted by Gasteiger charge is -2.11. The Kier molecular flexibility index (Phi) is 6.89. The molecule has 0 aliphatic carbocycles. The van der Waals surface area contributed by atoms with Gasteiger partial charge in [0.05, 0.1) is 5.75 Å². The zero-order chi connectivity index (χ0) is 23.2. The van der Waals surface area contributed by atoms with Crippen LogP contribution in [-0.2, 0) is 23.1 Å². The second kappa shape index (κ2) is 10.2. The van der Waals surface area contributed by atoms with E-state index >= 15 is 0 Å². The summed E-state index contributed by atoms with van der Waals surface area (Å²) >= 11 is 1.33. The summed E-state index contributed by atoms with van der Waals surface area (Å²) in [6.45, 7) is 1.45. The van der Waals surface area contributed by atoms with E-state index in [9.17, 15) is 9.59 Å². The van der Waals surface area contributed by atoms with Crippen molar-refractivity contribution in [1.82, 2.24) is 19.3 Å². The van der Waals surface area contributed by atoms with Gasteiger partial charge >= 0.3 is 0 Å². The van der Waals surface area contributed by atoms with E-state index in [1.165, 1.54) is 18.7 Å². The fraction of sp³-hybridized carbons (Fsp3) is 0.167. The number of rotatable bonds is 8. The lowest BCUT2D eigenvalue weighted by molar-refractivity contribution is -0.114. The first-order valence-corrected chi connectivity index (χ1v) is 11.4. The third-order valence-electron chi connectivity index (χ3n) is 4.93. The van der Waals surface area contributed by atoms with Crippen LogP contribution < -0.4 is 10.6 Å². The molecule has 2 aromatic carbocycles. The number of nitrogens with one attached hydrogen (secondary N) is 2. The van der Waals surface area contributed by atoms with Crippen LogP contribution in [0, 0.1) is 0 Å². The standard InChI is InChI=1S/C24H24N6O2S/c1-17(31)25-18-10-12-19(13-11-18)26-23(32)16-33-24-28-27-22(15-21-9-6-14-29(21)2)30(24)20-7-4-3-5-8-20/h3-14H,15-16H2,1-2H3,(H,25,31)(H,26,32). The molecule has 0 fully saturated rings. The first-order chi connectivity index (χ1) is 16.0. The summed E-state index contributed by atoms with van der Waals surface area (Å²) in [6.07, 6.45) is 2.63. The van der Waals surface area contributed by atoms with Crippen LogP contribution in [0.3, 0.4) is 0 Å². The van der Waals surface area contributed by atoms with E-state index in [2.05, 4.69) is 31.5 Å². The molecular weight excluding hydrogens is 436 g/mol. The van der Waals surface area contributed by atoms with E-state index in [0.717, 1.165) is 17.2 Å². The highest BCUT2D eigenvalue weighted by Gasteiger charge is 2.17. The molecule has 0 atom stereocenters. The molecule has 0 bridgehead atoms. The molecule has 2 N–H and O–H groups in total. The van der Waals surface area contributed by atoms with E-state index in [-0.39, 0.29) is 17.6 Å². The predicted molar refractivity (Wildman–Crippen MR) is 130 cm³/mol. The molecule has 2 amide bonds. The number of nitrogens with zero attached hydrogens (tertiary/aromatic N) is 4. The van der Waals surface area contributed by atoms with Gasteiger partial charge in [0.25, 0.3) is 0 Å². The van der Waals surface area contributed by atoms with Crippen LogP contribution in [0.15, 0.2) is 78.1 Å². The van der Waals surface area contributed by atoms with Crippen LogP contribution in [0.2, 0.25) is 0 Å². The van der Waals surface area contributed by atoms with Crippen LogP contribution in [0.5, 0.6) is 0 Å². The van der Waals surface area contributed by atoms with Gasteiger partial charge in [0.2, 0.25) is 11.8 Å². The number of hydrogen-bond acceptors (Lipinski definition) is 5. The average molecular weight is 461 g/mol. The van der Waals surface area contributed by atoms with E-state index in [4.69, 9.17) is 0 Å². The van der Waals surface area contributed by atoms with Gasteiger partial charge in [-0.2, -0.15) is 0 Å². The van der Waals surface area contributed by atoms with Crippen LogP contribution in [-0.4, -0.2) is 36.9 Å². The fourth-order valence-corrected chi connectivity index (χ4v) is 4.12. The van der Waals surface area contributed by atoms with Gasteiger partial charge in [0, 0.05) is 49.3 Å². The second-order valence-corrected chi connectivity index (χ2v) is 8.39. The summed E-state index contributed by atoms with van der Waals surface area (Å²) in [5, 5.41) is 15.0. The van der Waals surface area contributed by atoms with Crippen LogP contribution >= 0.6 is 11.8 Å². The minimum absolute atomic E-state index is 0.141. The Hall–Kier alpha value is -3.85. The largest absolute Gasteiger partial charge is 0.354 e. The van der Waals surface area contributed by atoms with E-state index < -0.39 is 0 Å². The van der Waals surface area contributed by atoms with Crippen molar-refractivity contribution in [1.29, 1.82) is 0 Å². The van der Waals surface area contributed by atoms with Gasteiger partial charge < -0.3 is 15.2 Å². The summed E-state index contributed by atoms with van der Waals surface area (Å²) in [5.74, 6) is 0.693. The fourth-order valence-electron chi connectivity index (χ4n) is 3.35. The van der Waals surface area contributed by atoms with Crippen molar-refractivity contribution < 1.29 is 9.59 Å². The molecule has 0 saturated carbocycles. The Morgan fingerprint density at radius 3 is 2.24 bits per heavy atom. The average Bonchev–Trinajstić information content (AvgIpc) is 3.40. The number of aryl methyl sites for hydroxylation is 1. The molecule has 2 aromatic heterocycles. The van der Waals surface area contributed by atoms with Crippen molar-refractivity contribution in [2.45, 2.75) is 18.5 Å². The Labute approximate surface area is 196 Å². The number of carbonyl (C=O) groups is 2. The molecule has 0 aliphatic heterocycles. The number of aromatic nitrogens is 4. The third kappa shape index (κ3) is 5.69. The summed E-state index contributed by atoms with van der Waals surface area (Å²) in [5.41, 5.74) is 3.40. The van der Waals surface area contributed by atoms with E-state index in [1.807, 2.05) is 54.2 Å². The zero-order valence-corrected chi connectivity index (χ0v) is 19.2. The SMILES string of the molecule is CC(=O)Nc1ccc(NC(=O)CSc2nnc(Cc3cccn3C)n2-c2ccccc2)cc1. The first-order valence-electron chi connectivity index (χ1n) is 10.4. The molecule has 0 saturated heterocycles. The summed E-state index contributed by atoms with van der Waals surface area (Å²) in [4.78, 5) is 23.7. The molecule has 2 heterocycles. The lowest BCUT2D eigenvalue weighted by Crippen LogP contribution is -2.15. The quantitative estimate of drug-likeness (QED) is 0.389. The summed E-state index contributed by atoms with van der Waals surface area (Å²) in [7, 11) is 2.00. The Bertz CT molecular complexity index is 1250. The van der Waals surface area contributed by atoms with Gasteiger partial charge in [-0.25, -0.2) is 0 Å². The van der Waals surface area contributed by atoms with Gasteiger partial charge in [-0.15, -0.1) is 10.2 Å². The zero-order valence-electron chi connectivity index (χ0n) is 18.4. The van der Waals surface area contributed by atoms with Crippen molar-refractivity contribution in [3.05, 3.63) is 84.4 Å². The van der Waals surface area contributed by atoms with Crippen LogP contribution in [0.25, 0.3) is 5.69 Å². The van der Waals surface area contributed by atoms with Gasteiger partial charge in [-0.05, 0) is 48.5 Å². The minimum atomic E-state index is -0.154. The second-order valence-electron chi connectivity index (χ2n) is 7.45. The predicted octanol–water partition coefficient (Wildman–Crippen LogP) is 3.89. The molecule has 168 valence electrons. The molecule has 4 aromatic rings. The number of hydrogen-bond donors (Lipinski definition) is 2. The third-order valence-corrected chi connectivity index (χ3v) is 5.86. The molecule has 9 heteroatoms. The molecule has 0 unspecified atom stereocenters. The van der Waals surface area contributed by atoms with Gasteiger partial charge in [-0.1, -0.05) is 30.0 Å². The Balaban J connectivity index is 1.47. The maximum absolute atomic E-state index is 12.5. The van der Waals surface area contributed by atoms with Gasteiger partial charge in [0.1, 0.15) is 5.82 Å². The first kappa shape index (κ1) is 22.3. The smallest absolute Gasteiger partial charge is 0.234 e. The van der Waals surface area contributed by atoms with E-state index in [1.54, 1.807) is 24.3 Å². The Morgan fingerprint density at radius 2 is 1.61 bits per heavy atom. The number of thioether (sulfide) groups is 1. The van der Waals surface area contributed by atoms with Crippen LogP contribution in [0.1, 0.15) is 18.4 Å². The minimum Gasteiger partial charge on any atom is -0.354 e. The molecule has 4 rings (SSSR count). The topological polar surface area (TPSA) is 93.8 Å². The van der Waals surface area contributed by atoms with Gasteiger partial charge in [-0.3, -0.25) is 14.2 Å². The normalized spacial score (nSPS) is 10.7. The Morgan fingerprint density at radius 1 is 0.909 bits per heavy atom. The molecule has 8 nitrogen and oxygen atoms in total. The number of para-hydroxylation sites is 1. The molecule has 0 radical (unpaired) electrons. The maximum Gasteiger partial charge on any atom is 0.234 e. The molecule has 33 heavy (non-hydrogen) atoms. The molecule has 0 spiro atoms. The molecule has 0 aliphatic rings.